The number of aromatic hydroxyl groups is 1. The van der Waals surface area contributed by atoms with E-state index in [1.165, 1.54) is 24.3 Å². The second kappa shape index (κ2) is 17.8. The van der Waals surface area contributed by atoms with E-state index in [9.17, 15) is 63.9 Å². The van der Waals surface area contributed by atoms with E-state index in [4.69, 9.17) is 5.73 Å². The zero-order valence-electron chi connectivity index (χ0n) is 27.1. The normalized spacial score (nSPS) is 20.7. The molecule has 21 heteroatoms. The van der Waals surface area contributed by atoms with Gasteiger partial charge in [0.2, 0.25) is 29.5 Å². The molecule has 0 aromatic heterocycles. The summed E-state index contributed by atoms with van der Waals surface area (Å²) in [5.41, 5.74) is 6.57. The first kappa shape index (κ1) is 40.4. The fraction of sp³-hybridized carbons (Fsp3) is 0.586. The summed E-state index contributed by atoms with van der Waals surface area (Å²) in [5, 5.41) is 45.9. The molecule has 0 radical (unpaired) electrons. The molecule has 5 amide bonds. The van der Waals surface area contributed by atoms with Crippen LogP contribution in [0.15, 0.2) is 24.3 Å². The number of hydrogen-bond donors (Lipinski definition) is 11. The maximum absolute atomic E-state index is 13.7. The van der Waals surface area contributed by atoms with Gasteiger partial charge < -0.3 is 51.9 Å². The lowest BCUT2D eigenvalue weighted by atomic mass is 10.1. The minimum atomic E-state index is -4.88. The van der Waals surface area contributed by atoms with Crippen molar-refractivity contribution in [2.75, 3.05) is 26.3 Å². The SMILES string of the molecule is C[C@@H](O)[C@H](NC(=O)[C@@H]1CCCN1C(=O)[C@H](CO[P+](O)(O)O)NC(=O)[C@@H](N)Cc1ccc(O)cc1)C(=O)N[C@@H](CO)C(=O)N1CCC[C@H]1C(=O)O. The number of phenolic OH excluding ortho intramolecular Hbond substituents is 1. The predicted octanol–water partition coefficient (Wildman–Crippen LogP) is -4.17. The van der Waals surface area contributed by atoms with Gasteiger partial charge in [-0.3, -0.25) is 24.0 Å². The van der Waals surface area contributed by atoms with Crippen LogP contribution >= 0.6 is 8.17 Å². The molecule has 2 heterocycles. The summed E-state index contributed by atoms with van der Waals surface area (Å²) in [7, 11) is -4.88. The van der Waals surface area contributed by atoms with Crippen LogP contribution in [0.1, 0.15) is 38.2 Å². The molecule has 2 aliphatic heterocycles. The van der Waals surface area contributed by atoms with Crippen LogP contribution in [0.5, 0.6) is 5.75 Å². The van der Waals surface area contributed by atoms with Gasteiger partial charge >= 0.3 is 14.1 Å². The number of aliphatic hydroxyl groups excluding tert-OH is 2. The molecule has 20 nitrogen and oxygen atoms in total. The summed E-state index contributed by atoms with van der Waals surface area (Å²) < 4.78 is 4.61. The van der Waals surface area contributed by atoms with Crippen molar-refractivity contribution in [3.63, 3.8) is 0 Å². The molecule has 7 atom stereocenters. The van der Waals surface area contributed by atoms with Crippen LogP contribution in [0.25, 0.3) is 0 Å². The maximum atomic E-state index is 13.7. The van der Waals surface area contributed by atoms with Crippen LogP contribution in [-0.2, 0) is 39.7 Å². The third-order valence-electron chi connectivity index (χ3n) is 8.28. The van der Waals surface area contributed by atoms with E-state index in [0.29, 0.717) is 12.0 Å². The number of carbonyl (C=O) groups is 6. The Morgan fingerprint density at radius 2 is 1.44 bits per heavy atom. The number of amides is 5. The van der Waals surface area contributed by atoms with E-state index in [1.54, 1.807) is 0 Å². The molecule has 0 saturated carbocycles. The number of phenols is 1. The highest BCUT2D eigenvalue weighted by molar-refractivity contribution is 7.53. The molecular weight excluding hydrogens is 687 g/mol. The average molecular weight is 732 g/mol. The smallest absolute Gasteiger partial charge is 0.508 e. The quantitative estimate of drug-likeness (QED) is 0.0719. The summed E-state index contributed by atoms with van der Waals surface area (Å²) in [4.78, 5) is 108. The van der Waals surface area contributed by atoms with Gasteiger partial charge in [-0.05, 0) is 56.7 Å². The van der Waals surface area contributed by atoms with Crippen molar-refractivity contribution in [1.29, 1.82) is 0 Å². The van der Waals surface area contributed by atoms with Gasteiger partial charge in [-0.15, -0.1) is 0 Å². The number of benzene rings is 1. The van der Waals surface area contributed by atoms with Gasteiger partial charge in [0.05, 0.1) is 18.8 Å². The number of nitrogens with two attached hydrogens (primary N) is 1. The van der Waals surface area contributed by atoms with Gasteiger partial charge in [-0.25, -0.2) is 4.79 Å². The topological polar surface area (TPSA) is 322 Å². The van der Waals surface area contributed by atoms with Crippen LogP contribution in [-0.4, -0.2) is 149 Å². The first-order valence-electron chi connectivity index (χ1n) is 15.7. The monoisotopic (exact) mass is 731 g/mol. The highest BCUT2D eigenvalue weighted by Gasteiger charge is 2.43. The van der Waals surface area contributed by atoms with Crippen molar-refractivity contribution in [2.24, 2.45) is 5.73 Å². The average Bonchev–Trinajstić information content (AvgIpc) is 3.75. The molecule has 50 heavy (non-hydrogen) atoms. The van der Waals surface area contributed by atoms with Crippen molar-refractivity contribution < 1.29 is 68.4 Å². The number of carboxylic acid groups (broad SMARTS) is 1. The first-order valence-corrected chi connectivity index (χ1v) is 17.3. The number of likely N-dealkylation sites (tertiary alicyclic amines) is 2. The molecule has 0 spiro atoms. The zero-order chi connectivity index (χ0) is 37.3. The van der Waals surface area contributed by atoms with Gasteiger partial charge in [-0.1, -0.05) is 12.1 Å². The molecule has 1 aromatic rings. The zero-order valence-corrected chi connectivity index (χ0v) is 28.0. The van der Waals surface area contributed by atoms with E-state index < -0.39 is 99.2 Å². The van der Waals surface area contributed by atoms with Gasteiger partial charge in [-0.2, -0.15) is 19.2 Å². The first-order chi connectivity index (χ1) is 23.4. The Balaban J connectivity index is 1.71. The number of nitrogens with zero attached hydrogens (tertiary/aromatic N) is 2. The molecule has 2 saturated heterocycles. The number of rotatable bonds is 16. The Hall–Kier alpha value is -4.01. The third kappa shape index (κ3) is 11.0. The largest absolute Gasteiger partial charge is 0.567 e. The summed E-state index contributed by atoms with van der Waals surface area (Å²) in [5.74, 6) is -5.95. The summed E-state index contributed by atoms with van der Waals surface area (Å²) >= 11 is 0. The molecule has 2 fully saturated rings. The summed E-state index contributed by atoms with van der Waals surface area (Å²) in [6.45, 7) is -0.636. The van der Waals surface area contributed by atoms with Gasteiger partial charge in [0.15, 0.2) is 0 Å². The van der Waals surface area contributed by atoms with E-state index in [2.05, 4.69) is 20.5 Å². The van der Waals surface area contributed by atoms with Gasteiger partial charge in [0, 0.05) is 13.1 Å². The standard InChI is InChI=1S/C29H43N6O14P/c1-15(37)23(26(41)31-19(13-36)27(42)35-11-3-5-22(35)29(44)45)33-25(40)21-4-2-10-34(21)28(43)20(14-49-50(46,47)48)32-24(39)18(30)12-16-6-8-17(38)9-7-16/h6-9,15,18-23,36-37,46-48H,2-5,10-14,30H2,1H3,(H4-,31,32,33,38,39,40,41,44,45)/p+1/t15-,18+,19+,20+,21+,22+,23+/m1/s1. The van der Waals surface area contributed by atoms with E-state index in [1.807, 2.05) is 0 Å². The molecule has 0 unspecified atom stereocenters. The van der Waals surface area contributed by atoms with Crippen molar-refractivity contribution in [3.8, 4) is 5.75 Å². The second-order valence-electron chi connectivity index (χ2n) is 12.0. The summed E-state index contributed by atoms with van der Waals surface area (Å²) in [6, 6.07) is -2.81. The van der Waals surface area contributed by atoms with Crippen LogP contribution < -0.4 is 21.7 Å². The van der Waals surface area contributed by atoms with E-state index in [-0.39, 0.29) is 44.5 Å². The van der Waals surface area contributed by atoms with E-state index in [0.717, 1.165) is 16.7 Å². The third-order valence-corrected chi connectivity index (χ3v) is 8.77. The molecule has 3 rings (SSSR count). The fourth-order valence-electron chi connectivity index (χ4n) is 5.70. The lowest BCUT2D eigenvalue weighted by Gasteiger charge is -2.31. The van der Waals surface area contributed by atoms with Crippen LogP contribution in [0, 0.1) is 0 Å². The van der Waals surface area contributed by atoms with Gasteiger partial charge in [0.25, 0.3) is 0 Å². The Bertz CT molecular complexity index is 1390. The number of carbonyl (C=O) groups excluding carboxylic acids is 5. The van der Waals surface area contributed by atoms with Crippen molar-refractivity contribution in [1.82, 2.24) is 25.8 Å². The fourth-order valence-corrected chi connectivity index (χ4v) is 6.05. The molecule has 2 aliphatic rings. The number of hydrogen-bond acceptors (Lipinski definition) is 14. The molecule has 12 N–H and O–H groups in total. The second-order valence-corrected chi connectivity index (χ2v) is 13.3. The summed E-state index contributed by atoms with van der Waals surface area (Å²) in [6.07, 6.45) is -0.665. The predicted molar refractivity (Wildman–Crippen MR) is 171 cm³/mol. The highest BCUT2D eigenvalue weighted by Crippen LogP contribution is 2.45. The minimum absolute atomic E-state index is 0.0133. The minimum Gasteiger partial charge on any atom is -0.508 e. The number of aliphatic hydroxyl groups is 2. The van der Waals surface area contributed by atoms with Crippen LogP contribution in [0.2, 0.25) is 0 Å². The number of carboxylic acids is 1. The van der Waals surface area contributed by atoms with Crippen LogP contribution in [0.3, 0.4) is 0 Å². The molecule has 278 valence electrons. The Morgan fingerprint density at radius 1 is 0.900 bits per heavy atom. The van der Waals surface area contributed by atoms with Crippen molar-refractivity contribution in [3.05, 3.63) is 29.8 Å². The lowest BCUT2D eigenvalue weighted by molar-refractivity contribution is -0.150. The maximum Gasteiger partial charge on any atom is 0.567 e. The molecular formula is C29H44N6O14P+. The Labute approximate surface area is 286 Å². The molecule has 0 aliphatic carbocycles. The van der Waals surface area contributed by atoms with E-state index >= 15 is 0 Å². The molecule has 0 bridgehead atoms. The van der Waals surface area contributed by atoms with Crippen molar-refractivity contribution in [2.45, 2.75) is 81.4 Å². The Kier molecular flexibility index (Phi) is 14.4. The Morgan fingerprint density at radius 3 is 1.98 bits per heavy atom. The number of aliphatic carboxylic acids is 1. The molecule has 1 aromatic carbocycles. The van der Waals surface area contributed by atoms with Crippen molar-refractivity contribution >= 4 is 43.7 Å². The van der Waals surface area contributed by atoms with Gasteiger partial charge in [0.1, 0.15) is 42.6 Å². The lowest BCUT2D eigenvalue weighted by Crippen LogP contribution is -2.61. The van der Waals surface area contributed by atoms with Crippen LogP contribution in [0.4, 0.5) is 0 Å². The highest BCUT2D eigenvalue weighted by atomic mass is 31.2. The number of nitrogens with one attached hydrogen (secondary N) is 3.